The monoisotopic (exact) mass is 507 g/mol. The average Bonchev–Trinajstić information content (AvgIpc) is 3.19. The number of carbonyl (C=O) groups excluding carboxylic acids is 3. The molecule has 0 spiro atoms. The van der Waals surface area contributed by atoms with E-state index in [0.717, 1.165) is 12.8 Å². The molecule has 1 amide bonds. The molecule has 0 aromatic heterocycles. The molecule has 0 bridgehead atoms. The summed E-state index contributed by atoms with van der Waals surface area (Å²) in [6.07, 6.45) is 29.7. The fourth-order valence-corrected chi connectivity index (χ4v) is 3.53. The largest absolute Gasteiger partial charge is 0.392 e. The molecule has 1 saturated carbocycles. The summed E-state index contributed by atoms with van der Waals surface area (Å²) in [7, 11) is 0. The fourth-order valence-electron chi connectivity index (χ4n) is 3.53. The molecule has 200 valence electrons. The minimum Gasteiger partial charge on any atom is -0.392 e. The molecule has 6 heteroatoms. The van der Waals surface area contributed by atoms with Crippen molar-refractivity contribution in [2.24, 2.45) is 11.8 Å². The highest BCUT2D eigenvalue weighted by atomic mass is 16.3. The Morgan fingerprint density at radius 2 is 1.41 bits per heavy atom. The Morgan fingerprint density at radius 3 is 2.08 bits per heavy atom. The van der Waals surface area contributed by atoms with Gasteiger partial charge >= 0.3 is 0 Å². The standard InChI is InChI=1S/C31H41NO5/c1-4-5-6-13-17-20-26(33)25(3)31(37)24(2)19-16-14-11-9-7-8-10-12-15-18-21-29(36)32-30-27(34)22-23-28(30)35/h4-10,12-13,15-21,24-26,30-31,33,37H,11,14,22-23H2,1-3H3,(H,32,36)/b5-4?,9-7?,10-8+,13-6?,15-12?,19-16?,20-17?,21-18?. The Hall–Kier alpha value is -3.35. The highest BCUT2D eigenvalue weighted by Gasteiger charge is 2.33. The first kappa shape index (κ1) is 31.7. The lowest BCUT2D eigenvalue weighted by Crippen LogP contribution is -2.41. The molecule has 4 unspecified atom stereocenters. The number of carbonyl (C=O) groups is 3. The van der Waals surface area contributed by atoms with Crippen LogP contribution in [0.2, 0.25) is 0 Å². The third kappa shape index (κ3) is 13.5. The number of rotatable bonds is 15. The van der Waals surface area contributed by atoms with Gasteiger partial charge in [0.1, 0.15) is 6.04 Å². The van der Waals surface area contributed by atoms with Gasteiger partial charge in [0.25, 0.3) is 0 Å². The lowest BCUT2D eigenvalue weighted by molar-refractivity contribution is -0.129. The summed E-state index contributed by atoms with van der Waals surface area (Å²) in [4.78, 5) is 34.8. The van der Waals surface area contributed by atoms with E-state index in [2.05, 4.69) is 5.32 Å². The van der Waals surface area contributed by atoms with Crippen LogP contribution in [0.25, 0.3) is 0 Å². The molecular weight excluding hydrogens is 466 g/mol. The molecule has 1 fully saturated rings. The predicted octanol–water partition coefficient (Wildman–Crippen LogP) is 4.65. The van der Waals surface area contributed by atoms with Gasteiger partial charge in [-0.1, -0.05) is 105 Å². The molecular formula is C31H41NO5. The van der Waals surface area contributed by atoms with Gasteiger partial charge in [0.15, 0.2) is 11.6 Å². The lowest BCUT2D eigenvalue weighted by Gasteiger charge is -2.25. The van der Waals surface area contributed by atoms with Crippen molar-refractivity contribution in [3.05, 3.63) is 97.2 Å². The first-order valence-corrected chi connectivity index (χ1v) is 12.8. The average molecular weight is 508 g/mol. The Morgan fingerprint density at radius 1 is 0.838 bits per heavy atom. The molecule has 0 saturated heterocycles. The second-order valence-electron chi connectivity index (χ2n) is 8.93. The van der Waals surface area contributed by atoms with Gasteiger partial charge in [-0.05, 0) is 19.8 Å². The normalized spacial score (nSPS) is 19.4. The third-order valence-corrected chi connectivity index (χ3v) is 5.88. The van der Waals surface area contributed by atoms with Crippen LogP contribution in [-0.2, 0) is 14.4 Å². The highest BCUT2D eigenvalue weighted by Crippen LogP contribution is 2.19. The maximum absolute atomic E-state index is 11.8. The maximum Gasteiger partial charge on any atom is 0.244 e. The van der Waals surface area contributed by atoms with Crippen molar-refractivity contribution in [3.63, 3.8) is 0 Å². The summed E-state index contributed by atoms with van der Waals surface area (Å²) in [5.74, 6) is -1.29. The first-order chi connectivity index (χ1) is 17.8. The van der Waals surface area contributed by atoms with E-state index in [-0.39, 0.29) is 36.2 Å². The number of amides is 1. The second-order valence-corrected chi connectivity index (χ2v) is 8.93. The first-order valence-electron chi connectivity index (χ1n) is 12.8. The van der Waals surface area contributed by atoms with Crippen LogP contribution in [0.4, 0.5) is 0 Å². The molecule has 1 rings (SSSR count). The van der Waals surface area contributed by atoms with Gasteiger partial charge in [-0.3, -0.25) is 14.4 Å². The Kier molecular flexibility index (Phi) is 16.1. The molecule has 0 aliphatic heterocycles. The van der Waals surface area contributed by atoms with Crippen molar-refractivity contribution >= 4 is 17.5 Å². The molecule has 6 nitrogen and oxygen atoms in total. The molecule has 37 heavy (non-hydrogen) atoms. The molecule has 3 N–H and O–H groups in total. The Labute approximate surface area is 221 Å². The van der Waals surface area contributed by atoms with E-state index in [9.17, 15) is 24.6 Å². The van der Waals surface area contributed by atoms with Crippen LogP contribution in [-0.4, -0.2) is 45.9 Å². The SMILES string of the molecule is CC=CC=CC=CC(O)C(C)C(O)C(C)C=CCCC=C/C=C/C=CC=CC(=O)NC1C(=O)CCC1=O. The number of nitrogens with one attached hydrogen (secondary N) is 1. The molecule has 1 aliphatic carbocycles. The van der Waals surface area contributed by atoms with Crippen molar-refractivity contribution in [2.45, 2.75) is 64.7 Å². The number of unbranched alkanes of at least 4 members (excludes halogenated alkanes) is 1. The smallest absolute Gasteiger partial charge is 0.244 e. The van der Waals surface area contributed by atoms with E-state index >= 15 is 0 Å². The van der Waals surface area contributed by atoms with Gasteiger partial charge in [-0.25, -0.2) is 0 Å². The summed E-state index contributed by atoms with van der Waals surface area (Å²) >= 11 is 0. The van der Waals surface area contributed by atoms with E-state index in [4.69, 9.17) is 0 Å². The van der Waals surface area contributed by atoms with Gasteiger partial charge in [-0.15, -0.1) is 0 Å². The summed E-state index contributed by atoms with van der Waals surface area (Å²) in [5.41, 5.74) is 0. The predicted molar refractivity (Wildman–Crippen MR) is 150 cm³/mol. The van der Waals surface area contributed by atoms with Crippen molar-refractivity contribution in [3.8, 4) is 0 Å². The van der Waals surface area contributed by atoms with E-state index in [1.54, 1.807) is 30.4 Å². The Balaban J connectivity index is 2.27. The van der Waals surface area contributed by atoms with Gasteiger partial charge < -0.3 is 15.5 Å². The van der Waals surface area contributed by atoms with Crippen LogP contribution in [0, 0.1) is 11.8 Å². The van der Waals surface area contributed by atoms with Crippen LogP contribution < -0.4 is 5.32 Å². The summed E-state index contributed by atoms with van der Waals surface area (Å²) in [5, 5.41) is 23.2. The van der Waals surface area contributed by atoms with Crippen LogP contribution in [0.15, 0.2) is 97.2 Å². The summed E-state index contributed by atoms with van der Waals surface area (Å²) in [6, 6.07) is -0.992. The van der Waals surface area contributed by atoms with Crippen molar-refractivity contribution in [1.29, 1.82) is 0 Å². The van der Waals surface area contributed by atoms with E-state index in [0.29, 0.717) is 0 Å². The van der Waals surface area contributed by atoms with Gasteiger partial charge in [0.2, 0.25) is 5.91 Å². The second kappa shape index (κ2) is 18.9. The minimum atomic E-state index is -0.992. The van der Waals surface area contributed by atoms with E-state index in [1.165, 1.54) is 6.08 Å². The quantitative estimate of drug-likeness (QED) is 0.0984. The number of Topliss-reactive ketones (excluding diaryl/α,β-unsaturated/α-hetero) is 2. The number of hydrogen-bond acceptors (Lipinski definition) is 5. The number of aliphatic hydroxyl groups excluding tert-OH is 2. The molecule has 4 atom stereocenters. The van der Waals surface area contributed by atoms with Crippen LogP contribution >= 0.6 is 0 Å². The van der Waals surface area contributed by atoms with E-state index in [1.807, 2.05) is 81.5 Å². The zero-order valence-electron chi connectivity index (χ0n) is 22.1. The lowest BCUT2D eigenvalue weighted by atomic mass is 9.88. The van der Waals surface area contributed by atoms with Gasteiger partial charge in [0.05, 0.1) is 12.2 Å². The highest BCUT2D eigenvalue weighted by molar-refractivity contribution is 6.14. The van der Waals surface area contributed by atoms with Crippen molar-refractivity contribution in [1.82, 2.24) is 5.32 Å². The minimum absolute atomic E-state index is 0.0695. The number of allylic oxidation sites excluding steroid dienone is 13. The summed E-state index contributed by atoms with van der Waals surface area (Å²) in [6.45, 7) is 5.72. The maximum atomic E-state index is 11.8. The zero-order chi connectivity index (χ0) is 27.5. The third-order valence-electron chi connectivity index (χ3n) is 5.88. The number of hydrogen-bond donors (Lipinski definition) is 3. The Bertz CT molecular complexity index is 948. The van der Waals surface area contributed by atoms with Gasteiger partial charge in [0, 0.05) is 30.8 Å². The van der Waals surface area contributed by atoms with Crippen LogP contribution in [0.5, 0.6) is 0 Å². The summed E-state index contributed by atoms with van der Waals surface area (Å²) < 4.78 is 0. The molecule has 0 heterocycles. The molecule has 0 radical (unpaired) electrons. The van der Waals surface area contributed by atoms with Crippen LogP contribution in [0.3, 0.4) is 0 Å². The van der Waals surface area contributed by atoms with E-state index < -0.39 is 24.2 Å². The van der Waals surface area contributed by atoms with Crippen molar-refractivity contribution in [2.75, 3.05) is 0 Å². The zero-order valence-corrected chi connectivity index (χ0v) is 22.1. The molecule has 1 aliphatic rings. The number of ketones is 2. The molecule has 0 aromatic carbocycles. The fraction of sp³-hybridized carbons (Fsp3) is 0.387. The van der Waals surface area contributed by atoms with Gasteiger partial charge in [-0.2, -0.15) is 0 Å². The van der Waals surface area contributed by atoms with Crippen LogP contribution in [0.1, 0.15) is 46.5 Å². The van der Waals surface area contributed by atoms with Crippen molar-refractivity contribution < 1.29 is 24.6 Å². The number of aliphatic hydroxyl groups is 2. The molecule has 0 aromatic rings. The topological polar surface area (TPSA) is 104 Å².